The van der Waals surface area contributed by atoms with Crippen molar-refractivity contribution < 1.29 is 23.9 Å². The van der Waals surface area contributed by atoms with E-state index in [4.69, 9.17) is 9.47 Å². The molecular weight excluding hydrogens is 663 g/mol. The molecule has 0 spiro atoms. The van der Waals surface area contributed by atoms with Crippen molar-refractivity contribution >= 4 is 18.1 Å². The van der Waals surface area contributed by atoms with Gasteiger partial charge < -0.3 is 25.4 Å². The Labute approximate surface area is 325 Å². The molecule has 0 aliphatic rings. The molecule has 1 aromatic carbocycles. The van der Waals surface area contributed by atoms with Crippen LogP contribution >= 0.6 is 0 Å². The van der Waals surface area contributed by atoms with Crippen LogP contribution in [0.5, 0.6) is 0 Å². The van der Waals surface area contributed by atoms with E-state index in [1.54, 1.807) is 0 Å². The molecule has 3 N–H and O–H groups in total. The van der Waals surface area contributed by atoms with Gasteiger partial charge in [-0.25, -0.2) is 9.59 Å². The van der Waals surface area contributed by atoms with Crippen LogP contribution in [-0.4, -0.2) is 43.8 Å². The monoisotopic (exact) mass is 744 g/mol. The lowest BCUT2D eigenvalue weighted by atomic mass is 10.0. The van der Waals surface area contributed by atoms with Gasteiger partial charge in [-0.1, -0.05) is 205 Å². The second-order valence-corrected chi connectivity index (χ2v) is 15.1. The molecule has 53 heavy (non-hydrogen) atoms. The van der Waals surface area contributed by atoms with Crippen LogP contribution in [0.4, 0.5) is 9.59 Å². The van der Waals surface area contributed by atoms with Gasteiger partial charge in [0.1, 0.15) is 12.6 Å². The minimum Gasteiger partial charge on any atom is -0.447 e. The highest BCUT2D eigenvalue weighted by molar-refractivity contribution is 5.76. The van der Waals surface area contributed by atoms with Crippen LogP contribution in [0, 0.1) is 0 Å². The zero-order valence-electron chi connectivity index (χ0n) is 34.5. The summed E-state index contributed by atoms with van der Waals surface area (Å²) in [5, 5.41) is 8.85. The van der Waals surface area contributed by atoms with Crippen molar-refractivity contribution in [3.8, 4) is 0 Å². The average molecular weight is 744 g/mol. The van der Waals surface area contributed by atoms with Crippen LogP contribution in [0.25, 0.3) is 0 Å². The fourth-order valence-electron chi connectivity index (χ4n) is 6.73. The van der Waals surface area contributed by atoms with Crippen molar-refractivity contribution in [1.82, 2.24) is 16.0 Å². The number of unbranched alkanes of at least 4 members (excludes halogenated alkanes) is 24. The van der Waals surface area contributed by atoms with Crippen molar-refractivity contribution in [3.05, 3.63) is 35.9 Å². The molecule has 0 bridgehead atoms. The zero-order chi connectivity index (χ0) is 38.5. The van der Waals surface area contributed by atoms with E-state index in [-0.39, 0.29) is 12.5 Å². The van der Waals surface area contributed by atoms with E-state index in [1.807, 2.05) is 30.3 Å². The molecule has 0 aliphatic carbocycles. The summed E-state index contributed by atoms with van der Waals surface area (Å²) in [5.74, 6) is -0.128. The molecule has 1 rings (SSSR count). The molecule has 0 fully saturated rings. The topological polar surface area (TPSA) is 106 Å². The Morgan fingerprint density at radius 1 is 0.509 bits per heavy atom. The molecule has 0 aromatic heterocycles. The van der Waals surface area contributed by atoms with Crippen LogP contribution in [0.2, 0.25) is 0 Å². The molecule has 0 unspecified atom stereocenters. The first-order valence-electron chi connectivity index (χ1n) is 22.2. The van der Waals surface area contributed by atoms with Gasteiger partial charge in [-0.05, 0) is 24.8 Å². The second-order valence-electron chi connectivity index (χ2n) is 15.1. The summed E-state index contributed by atoms with van der Waals surface area (Å²) in [4.78, 5) is 39.1. The highest BCUT2D eigenvalue weighted by Crippen LogP contribution is 2.23. The number of ether oxygens (including phenoxy) is 2. The van der Waals surface area contributed by atoms with E-state index >= 15 is 0 Å². The largest absolute Gasteiger partial charge is 0.447 e. The second kappa shape index (κ2) is 36.2. The van der Waals surface area contributed by atoms with Crippen molar-refractivity contribution in [2.24, 2.45) is 0 Å². The van der Waals surface area contributed by atoms with Gasteiger partial charge in [0.2, 0.25) is 5.91 Å². The van der Waals surface area contributed by atoms with Crippen LogP contribution in [0.1, 0.15) is 212 Å². The number of nitrogens with one attached hydrogen (secondary N) is 3. The number of rotatable bonds is 36. The number of carbonyl (C=O) groups excluding carboxylic acids is 3. The normalized spacial score (nSPS) is 12.2. The SMILES string of the molecule is CCCCCCCCCCCNC(=O)OC[C@H](NC(=O)CCCCCCCCCCC)[C@@H](OC(=O)NCCCCCCCCCCC)c1ccccc1. The summed E-state index contributed by atoms with van der Waals surface area (Å²) in [5.41, 5.74) is 0.734. The van der Waals surface area contributed by atoms with Gasteiger partial charge in [-0.3, -0.25) is 4.79 Å². The average Bonchev–Trinajstić information content (AvgIpc) is 3.16. The van der Waals surface area contributed by atoms with Crippen LogP contribution in [-0.2, 0) is 14.3 Å². The smallest absolute Gasteiger partial charge is 0.407 e. The number of hydrogen-bond acceptors (Lipinski definition) is 5. The van der Waals surface area contributed by atoms with E-state index in [0.29, 0.717) is 19.5 Å². The Balaban J connectivity index is 2.70. The minimum absolute atomic E-state index is 0.113. The van der Waals surface area contributed by atoms with Gasteiger partial charge >= 0.3 is 12.2 Å². The Hall–Kier alpha value is -2.77. The third kappa shape index (κ3) is 29.3. The number of benzene rings is 1. The molecule has 0 aliphatic heterocycles. The predicted octanol–water partition coefficient (Wildman–Crippen LogP) is 12.6. The Morgan fingerprint density at radius 3 is 1.36 bits per heavy atom. The summed E-state index contributed by atoms with van der Waals surface area (Å²) in [6.07, 6.45) is 30.8. The minimum atomic E-state index is -0.823. The molecule has 0 heterocycles. The van der Waals surface area contributed by atoms with E-state index < -0.39 is 24.3 Å². The fourth-order valence-corrected chi connectivity index (χ4v) is 6.73. The van der Waals surface area contributed by atoms with E-state index in [9.17, 15) is 14.4 Å². The van der Waals surface area contributed by atoms with Gasteiger partial charge in [0.15, 0.2) is 6.10 Å². The molecule has 8 heteroatoms. The van der Waals surface area contributed by atoms with E-state index in [0.717, 1.165) is 50.5 Å². The maximum absolute atomic E-state index is 13.2. The molecule has 0 saturated carbocycles. The lowest BCUT2D eigenvalue weighted by molar-refractivity contribution is -0.123. The Kier molecular flexibility index (Phi) is 33.0. The molecule has 2 atom stereocenters. The fraction of sp³-hybridized carbons (Fsp3) is 0.800. The Morgan fingerprint density at radius 2 is 0.906 bits per heavy atom. The molecule has 0 saturated heterocycles. The van der Waals surface area contributed by atoms with Gasteiger partial charge in [0, 0.05) is 19.5 Å². The standard InChI is InChI=1S/C45H81N3O5/c1-4-7-10-13-16-19-22-25-31-36-42(49)48-41(39-52-44(50)46-37-32-26-23-20-17-14-11-8-5-2)43(40-34-29-28-30-35-40)53-45(51)47-38-33-27-24-21-18-15-12-9-6-3/h28-30,34-35,41,43H,4-27,31-33,36-39H2,1-3H3,(H,46,50)(H,47,51)(H,48,49)/t41-,43-/m0/s1. The summed E-state index contributed by atoms with van der Waals surface area (Å²) in [7, 11) is 0. The van der Waals surface area contributed by atoms with Crippen LogP contribution in [0.3, 0.4) is 0 Å². The quantitative estimate of drug-likeness (QED) is 0.0593. The Bertz CT molecular complexity index is 992. The van der Waals surface area contributed by atoms with Gasteiger partial charge in [0.25, 0.3) is 0 Å². The highest BCUT2D eigenvalue weighted by Gasteiger charge is 2.30. The summed E-state index contributed by atoms with van der Waals surface area (Å²) < 4.78 is 11.7. The first kappa shape index (κ1) is 48.2. The van der Waals surface area contributed by atoms with E-state index in [1.165, 1.54) is 128 Å². The number of carbonyl (C=O) groups is 3. The van der Waals surface area contributed by atoms with Gasteiger partial charge in [-0.2, -0.15) is 0 Å². The first-order valence-corrected chi connectivity index (χ1v) is 22.2. The van der Waals surface area contributed by atoms with Gasteiger partial charge in [-0.15, -0.1) is 0 Å². The molecule has 3 amide bonds. The van der Waals surface area contributed by atoms with Crippen molar-refractivity contribution in [2.75, 3.05) is 19.7 Å². The molecule has 0 radical (unpaired) electrons. The molecule has 1 aromatic rings. The summed E-state index contributed by atoms with van der Waals surface area (Å²) in [6.45, 7) is 7.67. The van der Waals surface area contributed by atoms with Gasteiger partial charge in [0.05, 0.1) is 0 Å². The number of amides is 3. The number of hydrogen-bond donors (Lipinski definition) is 3. The third-order valence-electron chi connectivity index (χ3n) is 10.1. The zero-order valence-corrected chi connectivity index (χ0v) is 34.5. The maximum Gasteiger partial charge on any atom is 0.407 e. The van der Waals surface area contributed by atoms with Crippen LogP contribution in [0.15, 0.2) is 30.3 Å². The van der Waals surface area contributed by atoms with Crippen molar-refractivity contribution in [3.63, 3.8) is 0 Å². The molecule has 8 nitrogen and oxygen atoms in total. The molecular formula is C45H81N3O5. The lowest BCUT2D eigenvalue weighted by Crippen LogP contribution is -2.46. The van der Waals surface area contributed by atoms with E-state index in [2.05, 4.69) is 36.7 Å². The number of alkyl carbamates (subject to hydrolysis) is 2. The first-order chi connectivity index (χ1) is 26.0. The van der Waals surface area contributed by atoms with Crippen molar-refractivity contribution in [2.45, 2.75) is 213 Å². The highest BCUT2D eigenvalue weighted by atomic mass is 16.6. The summed E-state index contributed by atoms with van der Waals surface area (Å²) in [6, 6.07) is 8.68. The molecule has 306 valence electrons. The third-order valence-corrected chi connectivity index (χ3v) is 10.1. The lowest BCUT2D eigenvalue weighted by Gasteiger charge is -2.28. The maximum atomic E-state index is 13.2. The summed E-state index contributed by atoms with van der Waals surface area (Å²) >= 11 is 0. The van der Waals surface area contributed by atoms with Crippen molar-refractivity contribution in [1.29, 1.82) is 0 Å². The predicted molar refractivity (Wildman–Crippen MR) is 221 cm³/mol. The van der Waals surface area contributed by atoms with Crippen LogP contribution < -0.4 is 16.0 Å².